The summed E-state index contributed by atoms with van der Waals surface area (Å²) in [5, 5.41) is 0. The van der Waals surface area contributed by atoms with Gasteiger partial charge < -0.3 is 4.74 Å². The maximum Gasteiger partial charge on any atom is 0.363 e. The van der Waals surface area contributed by atoms with Crippen LogP contribution in [0.25, 0.3) is 0 Å². The van der Waals surface area contributed by atoms with Crippen molar-refractivity contribution < 1.29 is 9.53 Å². The standard InChI is InChI=1S/C5H6N2O3S/c1-2-10-5(9)3-4(8)7-11-6-3/h2H2,1H3,(H,7,8). The molecule has 1 heterocycles. The van der Waals surface area contributed by atoms with Crippen LogP contribution in [0.5, 0.6) is 0 Å². The molecule has 6 heteroatoms. The van der Waals surface area contributed by atoms with Crippen molar-refractivity contribution in [3.8, 4) is 0 Å². The van der Waals surface area contributed by atoms with Gasteiger partial charge in [-0.1, -0.05) is 0 Å². The predicted octanol–water partition coefficient (Wildman–Crippen LogP) is 0.00810. The van der Waals surface area contributed by atoms with Gasteiger partial charge in [0.25, 0.3) is 5.56 Å². The molecule has 1 aromatic rings. The molecule has 0 aliphatic rings. The van der Waals surface area contributed by atoms with Crippen LogP contribution >= 0.6 is 11.7 Å². The SMILES string of the molecule is CCOC(=O)c1ns[nH]c1=O. The molecule has 0 spiro atoms. The van der Waals surface area contributed by atoms with E-state index in [2.05, 4.69) is 13.5 Å². The molecule has 1 aromatic heterocycles. The molecule has 5 nitrogen and oxygen atoms in total. The van der Waals surface area contributed by atoms with E-state index in [1.807, 2.05) is 0 Å². The van der Waals surface area contributed by atoms with Gasteiger partial charge in [-0.25, -0.2) is 4.79 Å². The summed E-state index contributed by atoms with van der Waals surface area (Å²) in [6.45, 7) is 1.91. The van der Waals surface area contributed by atoms with E-state index in [1.54, 1.807) is 6.92 Å². The molecule has 1 rings (SSSR count). The molecule has 0 saturated carbocycles. The monoisotopic (exact) mass is 174 g/mol. The maximum absolute atomic E-state index is 10.8. The van der Waals surface area contributed by atoms with Crippen molar-refractivity contribution in [3.63, 3.8) is 0 Å². The second-order valence-corrected chi connectivity index (χ2v) is 2.25. The Morgan fingerprint density at radius 1 is 1.82 bits per heavy atom. The summed E-state index contributed by atoms with van der Waals surface area (Å²) in [5.41, 5.74) is -0.662. The molecule has 0 radical (unpaired) electrons. The fourth-order valence-corrected chi connectivity index (χ4v) is 1.00. The van der Waals surface area contributed by atoms with Crippen LogP contribution < -0.4 is 5.56 Å². The van der Waals surface area contributed by atoms with E-state index in [1.165, 1.54) is 0 Å². The lowest BCUT2D eigenvalue weighted by molar-refractivity contribution is 0.0519. The van der Waals surface area contributed by atoms with Crippen LogP contribution in [0.4, 0.5) is 0 Å². The molecule has 1 N–H and O–H groups in total. The van der Waals surface area contributed by atoms with Crippen LogP contribution in [0, 0.1) is 0 Å². The third-order valence-corrected chi connectivity index (χ3v) is 1.51. The van der Waals surface area contributed by atoms with Crippen molar-refractivity contribution in [1.82, 2.24) is 8.75 Å². The van der Waals surface area contributed by atoms with Crippen LogP contribution in [0.2, 0.25) is 0 Å². The molecule has 0 fully saturated rings. The highest BCUT2D eigenvalue weighted by Crippen LogP contribution is 1.91. The van der Waals surface area contributed by atoms with Crippen molar-refractivity contribution in [3.05, 3.63) is 16.0 Å². The molecule has 0 saturated heterocycles. The highest BCUT2D eigenvalue weighted by atomic mass is 32.1. The summed E-state index contributed by atoms with van der Waals surface area (Å²) >= 11 is 0.832. The van der Waals surface area contributed by atoms with E-state index in [0.717, 1.165) is 11.7 Å². The van der Waals surface area contributed by atoms with Gasteiger partial charge in [0.15, 0.2) is 0 Å². The number of ether oxygens (including phenoxy) is 1. The molecule has 0 unspecified atom stereocenters. The van der Waals surface area contributed by atoms with Gasteiger partial charge in [0.1, 0.15) is 0 Å². The van der Waals surface area contributed by atoms with E-state index < -0.39 is 11.5 Å². The fourth-order valence-electron chi connectivity index (χ4n) is 0.529. The van der Waals surface area contributed by atoms with Crippen LogP contribution in [-0.2, 0) is 4.74 Å². The van der Waals surface area contributed by atoms with Crippen LogP contribution in [0.1, 0.15) is 17.4 Å². The lowest BCUT2D eigenvalue weighted by Gasteiger charge is -1.93. The second kappa shape index (κ2) is 3.29. The minimum Gasteiger partial charge on any atom is -0.461 e. The number of carbonyl (C=O) groups is 1. The van der Waals surface area contributed by atoms with E-state index in [0.29, 0.717) is 0 Å². The number of carbonyl (C=O) groups excluding carboxylic acids is 1. The number of hydrogen-bond acceptors (Lipinski definition) is 5. The van der Waals surface area contributed by atoms with Gasteiger partial charge in [0.05, 0.1) is 6.61 Å². The minimum absolute atomic E-state index is 0.170. The van der Waals surface area contributed by atoms with Crippen molar-refractivity contribution in [1.29, 1.82) is 0 Å². The fraction of sp³-hybridized carbons (Fsp3) is 0.400. The number of nitrogens with zero attached hydrogens (tertiary/aromatic N) is 1. The third-order valence-electron chi connectivity index (χ3n) is 0.959. The zero-order valence-corrected chi connectivity index (χ0v) is 6.60. The number of aromatic amines is 1. The highest BCUT2D eigenvalue weighted by Gasteiger charge is 2.13. The molecule has 0 aromatic carbocycles. The number of aromatic nitrogens is 2. The second-order valence-electron chi connectivity index (χ2n) is 1.68. The zero-order valence-electron chi connectivity index (χ0n) is 5.79. The molecular formula is C5H6N2O3S. The first-order chi connectivity index (χ1) is 5.25. The van der Waals surface area contributed by atoms with E-state index in [-0.39, 0.29) is 12.3 Å². The number of nitrogens with one attached hydrogen (secondary N) is 1. The molecule has 0 atom stereocenters. The molecule has 11 heavy (non-hydrogen) atoms. The molecular weight excluding hydrogens is 168 g/mol. The Hall–Kier alpha value is -1.17. The number of esters is 1. The van der Waals surface area contributed by atoms with E-state index >= 15 is 0 Å². The molecule has 60 valence electrons. The quantitative estimate of drug-likeness (QED) is 0.641. The minimum atomic E-state index is -0.671. The predicted molar refractivity (Wildman–Crippen MR) is 38.7 cm³/mol. The smallest absolute Gasteiger partial charge is 0.363 e. The Bertz CT molecular complexity index is 303. The van der Waals surface area contributed by atoms with Gasteiger partial charge in [-0.3, -0.25) is 9.17 Å². The lowest BCUT2D eigenvalue weighted by Crippen LogP contribution is -2.15. The Kier molecular flexibility index (Phi) is 2.37. The maximum atomic E-state index is 10.8. The van der Waals surface area contributed by atoms with Gasteiger partial charge in [-0.2, -0.15) is 4.37 Å². The van der Waals surface area contributed by atoms with Gasteiger partial charge >= 0.3 is 5.97 Å². The van der Waals surface area contributed by atoms with E-state index in [4.69, 9.17) is 0 Å². The summed E-state index contributed by atoms with van der Waals surface area (Å²) in [6.07, 6.45) is 0. The first-order valence-electron chi connectivity index (χ1n) is 2.97. The van der Waals surface area contributed by atoms with Crippen molar-refractivity contribution in [2.24, 2.45) is 0 Å². The topological polar surface area (TPSA) is 72.0 Å². The Morgan fingerprint density at radius 2 is 2.55 bits per heavy atom. The number of H-pyrrole nitrogens is 1. The van der Waals surface area contributed by atoms with Crippen LogP contribution in [0.3, 0.4) is 0 Å². The van der Waals surface area contributed by atoms with Gasteiger partial charge in [0, 0.05) is 11.7 Å². The molecule has 0 bridgehead atoms. The van der Waals surface area contributed by atoms with Gasteiger partial charge in [0.2, 0.25) is 5.69 Å². The highest BCUT2D eigenvalue weighted by molar-refractivity contribution is 6.99. The summed E-state index contributed by atoms with van der Waals surface area (Å²) in [6, 6.07) is 0. The largest absolute Gasteiger partial charge is 0.461 e. The number of hydrogen-bond donors (Lipinski definition) is 1. The van der Waals surface area contributed by atoms with Crippen LogP contribution in [0.15, 0.2) is 4.79 Å². The summed E-state index contributed by atoms with van der Waals surface area (Å²) in [7, 11) is 0. The molecule has 0 aliphatic heterocycles. The van der Waals surface area contributed by atoms with E-state index in [9.17, 15) is 9.59 Å². The van der Waals surface area contributed by atoms with Crippen molar-refractivity contribution >= 4 is 17.7 Å². The lowest BCUT2D eigenvalue weighted by atomic mass is 10.5. The van der Waals surface area contributed by atoms with Gasteiger partial charge in [-0.15, -0.1) is 0 Å². The van der Waals surface area contributed by atoms with Gasteiger partial charge in [-0.05, 0) is 6.92 Å². The number of rotatable bonds is 2. The summed E-state index contributed by atoms with van der Waals surface area (Å²) < 4.78 is 10.4. The molecule has 0 amide bonds. The average Bonchev–Trinajstić information content (AvgIpc) is 2.36. The Balaban J connectivity index is 2.85. The van der Waals surface area contributed by atoms with Crippen LogP contribution in [-0.4, -0.2) is 21.3 Å². The summed E-state index contributed by atoms with van der Waals surface area (Å²) in [4.78, 5) is 21.6. The Morgan fingerprint density at radius 3 is 3.00 bits per heavy atom. The molecule has 0 aliphatic carbocycles. The summed E-state index contributed by atoms with van der Waals surface area (Å²) in [5.74, 6) is -0.671. The average molecular weight is 174 g/mol. The first-order valence-corrected chi connectivity index (χ1v) is 3.74. The van der Waals surface area contributed by atoms with Crippen molar-refractivity contribution in [2.75, 3.05) is 6.61 Å². The zero-order chi connectivity index (χ0) is 8.27. The third kappa shape index (κ3) is 1.64. The Labute approximate surface area is 66.3 Å². The first kappa shape index (κ1) is 7.93. The normalized spacial score (nSPS) is 9.55. The van der Waals surface area contributed by atoms with Crippen molar-refractivity contribution in [2.45, 2.75) is 6.92 Å².